The van der Waals surface area contributed by atoms with Crippen molar-refractivity contribution in [2.45, 2.75) is 13.8 Å². The highest BCUT2D eigenvalue weighted by Gasteiger charge is 2.04. The molecule has 0 spiro atoms. The molecule has 0 aliphatic heterocycles. The third-order valence-corrected chi connectivity index (χ3v) is 2.24. The van der Waals surface area contributed by atoms with Gasteiger partial charge in [0, 0.05) is 24.7 Å². The smallest absolute Gasteiger partial charge is 0.217 e. The first-order valence-electron chi connectivity index (χ1n) is 5.32. The van der Waals surface area contributed by atoms with Gasteiger partial charge in [-0.3, -0.25) is 9.59 Å². The van der Waals surface area contributed by atoms with Gasteiger partial charge in [0.2, 0.25) is 5.91 Å². The van der Waals surface area contributed by atoms with Crippen molar-refractivity contribution in [2.24, 2.45) is 0 Å². The highest BCUT2D eigenvalue weighted by molar-refractivity contribution is 5.99. The zero-order valence-electron chi connectivity index (χ0n) is 9.99. The molecule has 0 aliphatic carbocycles. The van der Waals surface area contributed by atoms with Gasteiger partial charge in [0.1, 0.15) is 0 Å². The van der Waals surface area contributed by atoms with Gasteiger partial charge in [0.05, 0.1) is 0 Å². The molecule has 0 unspecified atom stereocenters. The van der Waals surface area contributed by atoms with Crippen molar-refractivity contribution in [3.05, 3.63) is 35.4 Å². The lowest BCUT2D eigenvalue weighted by Crippen LogP contribution is -2.19. The molecular formula is C13H16N2O2. The number of nitrogens with one attached hydrogen (secondary N) is 1. The molecule has 3 N–H and O–H groups in total. The van der Waals surface area contributed by atoms with Crippen LogP contribution in [0.4, 0.5) is 5.69 Å². The zero-order valence-corrected chi connectivity index (χ0v) is 9.99. The Labute approximate surface area is 101 Å². The fourth-order valence-corrected chi connectivity index (χ4v) is 1.38. The van der Waals surface area contributed by atoms with E-state index in [0.29, 0.717) is 17.8 Å². The highest BCUT2D eigenvalue weighted by atomic mass is 16.1. The van der Waals surface area contributed by atoms with Crippen LogP contribution in [-0.4, -0.2) is 18.2 Å². The molecule has 1 aromatic carbocycles. The van der Waals surface area contributed by atoms with E-state index in [4.69, 9.17) is 5.73 Å². The first kappa shape index (κ1) is 13.0. The number of carbonyl (C=O) groups excluding carboxylic acids is 2. The molecule has 0 fully saturated rings. The summed E-state index contributed by atoms with van der Waals surface area (Å²) in [6.07, 6.45) is 3.65. The van der Waals surface area contributed by atoms with Gasteiger partial charge in [0.15, 0.2) is 5.78 Å². The largest absolute Gasteiger partial charge is 0.398 e. The standard InChI is InChI=1S/C13H16N2O2/c1-9(16)12-8-11(5-6-13(12)14)4-3-7-15-10(2)17/h3-6,8H,7,14H2,1-2H3,(H,15,17). The van der Waals surface area contributed by atoms with Gasteiger partial charge in [-0.15, -0.1) is 0 Å². The van der Waals surface area contributed by atoms with Gasteiger partial charge in [-0.25, -0.2) is 0 Å². The maximum absolute atomic E-state index is 11.3. The fourth-order valence-electron chi connectivity index (χ4n) is 1.38. The van der Waals surface area contributed by atoms with E-state index >= 15 is 0 Å². The predicted octanol–water partition coefficient (Wildman–Crippen LogP) is 1.62. The Bertz CT molecular complexity index is 464. The lowest BCUT2D eigenvalue weighted by atomic mass is 10.1. The summed E-state index contributed by atoms with van der Waals surface area (Å²) in [5.41, 5.74) is 7.57. The van der Waals surface area contributed by atoms with Crippen LogP contribution in [0.15, 0.2) is 24.3 Å². The van der Waals surface area contributed by atoms with Crippen molar-refractivity contribution in [3.63, 3.8) is 0 Å². The van der Waals surface area contributed by atoms with Crippen LogP contribution in [0.25, 0.3) is 6.08 Å². The van der Waals surface area contributed by atoms with Crippen LogP contribution in [-0.2, 0) is 4.79 Å². The molecule has 4 heteroatoms. The number of amides is 1. The number of nitrogen functional groups attached to an aromatic ring is 1. The van der Waals surface area contributed by atoms with E-state index in [1.807, 2.05) is 18.2 Å². The van der Waals surface area contributed by atoms with E-state index in [0.717, 1.165) is 5.56 Å². The number of Topliss-reactive ketones (excluding diaryl/α,β-unsaturated/α-hetero) is 1. The van der Waals surface area contributed by atoms with Gasteiger partial charge < -0.3 is 11.1 Å². The monoisotopic (exact) mass is 232 g/mol. The third kappa shape index (κ3) is 4.10. The van der Waals surface area contributed by atoms with Gasteiger partial charge in [-0.05, 0) is 24.6 Å². The Balaban J connectivity index is 2.75. The van der Waals surface area contributed by atoms with Crippen molar-refractivity contribution in [2.75, 3.05) is 12.3 Å². The molecule has 0 bridgehead atoms. The number of hydrogen-bond donors (Lipinski definition) is 2. The molecule has 0 saturated carbocycles. The highest BCUT2D eigenvalue weighted by Crippen LogP contribution is 2.15. The van der Waals surface area contributed by atoms with E-state index < -0.39 is 0 Å². The van der Waals surface area contributed by atoms with E-state index in [-0.39, 0.29) is 11.7 Å². The number of hydrogen-bond acceptors (Lipinski definition) is 3. The number of rotatable bonds is 4. The number of benzene rings is 1. The summed E-state index contributed by atoms with van der Waals surface area (Å²) < 4.78 is 0. The summed E-state index contributed by atoms with van der Waals surface area (Å²) in [6, 6.07) is 5.27. The maximum Gasteiger partial charge on any atom is 0.217 e. The molecule has 0 radical (unpaired) electrons. The van der Waals surface area contributed by atoms with E-state index in [1.54, 1.807) is 12.1 Å². The quantitative estimate of drug-likeness (QED) is 0.612. The third-order valence-electron chi connectivity index (χ3n) is 2.24. The fraction of sp³-hybridized carbons (Fsp3) is 0.231. The first-order chi connectivity index (χ1) is 8.00. The Kier molecular flexibility index (Phi) is 4.46. The number of anilines is 1. The molecule has 17 heavy (non-hydrogen) atoms. The molecular weight excluding hydrogens is 216 g/mol. The lowest BCUT2D eigenvalue weighted by Gasteiger charge is -2.03. The predicted molar refractivity (Wildman–Crippen MR) is 68.6 cm³/mol. The van der Waals surface area contributed by atoms with Gasteiger partial charge in [0.25, 0.3) is 0 Å². The summed E-state index contributed by atoms with van der Waals surface area (Å²) >= 11 is 0. The Hall–Kier alpha value is -2.10. The summed E-state index contributed by atoms with van der Waals surface area (Å²) in [4.78, 5) is 21.9. The van der Waals surface area contributed by atoms with Crippen LogP contribution < -0.4 is 11.1 Å². The maximum atomic E-state index is 11.3. The van der Waals surface area contributed by atoms with Crippen molar-refractivity contribution in [3.8, 4) is 0 Å². The number of ketones is 1. The topological polar surface area (TPSA) is 72.2 Å². The molecule has 0 aliphatic rings. The van der Waals surface area contributed by atoms with Crippen LogP contribution in [0.1, 0.15) is 29.8 Å². The minimum Gasteiger partial charge on any atom is -0.398 e. The molecule has 1 amide bonds. The molecule has 0 heterocycles. The summed E-state index contributed by atoms with van der Waals surface area (Å²) in [5, 5.41) is 2.65. The molecule has 0 saturated heterocycles. The molecule has 1 aromatic rings. The van der Waals surface area contributed by atoms with Crippen molar-refractivity contribution < 1.29 is 9.59 Å². The molecule has 4 nitrogen and oxygen atoms in total. The lowest BCUT2D eigenvalue weighted by molar-refractivity contribution is -0.118. The van der Waals surface area contributed by atoms with E-state index in [9.17, 15) is 9.59 Å². The average molecular weight is 232 g/mol. The van der Waals surface area contributed by atoms with Crippen LogP contribution in [0, 0.1) is 0 Å². The van der Waals surface area contributed by atoms with Gasteiger partial charge in [-0.2, -0.15) is 0 Å². The Morgan fingerprint density at radius 3 is 2.65 bits per heavy atom. The number of carbonyl (C=O) groups is 2. The summed E-state index contributed by atoms with van der Waals surface area (Å²) in [5.74, 6) is -0.129. The first-order valence-corrected chi connectivity index (χ1v) is 5.32. The normalized spacial score (nSPS) is 10.5. The van der Waals surface area contributed by atoms with Crippen molar-refractivity contribution >= 4 is 23.5 Å². The average Bonchev–Trinajstić information content (AvgIpc) is 2.25. The van der Waals surface area contributed by atoms with Crippen LogP contribution >= 0.6 is 0 Å². The van der Waals surface area contributed by atoms with Crippen molar-refractivity contribution in [1.29, 1.82) is 0 Å². The molecule has 0 atom stereocenters. The van der Waals surface area contributed by atoms with Gasteiger partial charge >= 0.3 is 0 Å². The minimum absolute atomic E-state index is 0.0559. The van der Waals surface area contributed by atoms with Crippen LogP contribution in [0.2, 0.25) is 0 Å². The summed E-state index contributed by atoms with van der Waals surface area (Å²) in [6.45, 7) is 3.41. The Morgan fingerprint density at radius 1 is 1.35 bits per heavy atom. The Morgan fingerprint density at radius 2 is 2.06 bits per heavy atom. The SMILES string of the molecule is CC(=O)NCC=Cc1ccc(N)c(C(C)=O)c1. The van der Waals surface area contributed by atoms with Crippen molar-refractivity contribution in [1.82, 2.24) is 5.32 Å². The minimum atomic E-state index is -0.0728. The number of nitrogens with two attached hydrogens (primary N) is 1. The zero-order chi connectivity index (χ0) is 12.8. The van der Waals surface area contributed by atoms with Gasteiger partial charge in [-0.1, -0.05) is 18.2 Å². The van der Waals surface area contributed by atoms with Crippen LogP contribution in [0.3, 0.4) is 0 Å². The molecule has 90 valence electrons. The van der Waals surface area contributed by atoms with E-state index in [2.05, 4.69) is 5.32 Å². The molecule has 0 aromatic heterocycles. The molecule has 1 rings (SSSR count). The van der Waals surface area contributed by atoms with Crippen LogP contribution in [0.5, 0.6) is 0 Å². The second-order valence-electron chi connectivity index (χ2n) is 3.74. The summed E-state index contributed by atoms with van der Waals surface area (Å²) in [7, 11) is 0. The second kappa shape index (κ2) is 5.84. The van der Waals surface area contributed by atoms with E-state index in [1.165, 1.54) is 13.8 Å². The second-order valence-corrected chi connectivity index (χ2v) is 3.74.